The van der Waals surface area contributed by atoms with E-state index in [4.69, 9.17) is 10.6 Å². The third kappa shape index (κ3) is 5.07. The van der Waals surface area contributed by atoms with Gasteiger partial charge >= 0.3 is 16.3 Å². The largest absolute Gasteiger partial charge is 0.478 e. The summed E-state index contributed by atoms with van der Waals surface area (Å²) in [6.45, 7) is 2.16. The molecule has 0 bridgehead atoms. The zero-order chi connectivity index (χ0) is 24.6. The SMILES string of the molecule is CC(C)(O/N=C(\C(=O)N[C@@H]1C(=O)N(S(=O)(=O)O)[C@@H]1Cn1cncn1)c1csc(N)n1)C(=O)O. The van der Waals surface area contributed by atoms with Gasteiger partial charge in [-0.2, -0.15) is 13.5 Å². The Balaban J connectivity index is 1.88. The van der Waals surface area contributed by atoms with Gasteiger partial charge in [0.15, 0.2) is 10.8 Å². The van der Waals surface area contributed by atoms with Crippen molar-refractivity contribution in [3.8, 4) is 0 Å². The van der Waals surface area contributed by atoms with Crippen LogP contribution in [0.4, 0.5) is 5.13 Å². The number of thiazole rings is 1. The van der Waals surface area contributed by atoms with Crippen LogP contribution in [0.15, 0.2) is 23.2 Å². The third-order valence-corrected chi connectivity index (χ3v) is 6.03. The molecule has 3 heterocycles. The number of amides is 2. The van der Waals surface area contributed by atoms with Crippen molar-refractivity contribution in [3.05, 3.63) is 23.7 Å². The van der Waals surface area contributed by atoms with Crippen molar-refractivity contribution >= 4 is 50.3 Å². The second-order valence-corrected chi connectivity index (χ2v) is 9.34. The first-order valence-electron chi connectivity index (χ1n) is 8.96. The molecule has 0 aliphatic carbocycles. The van der Waals surface area contributed by atoms with E-state index in [0.717, 1.165) is 11.3 Å². The fraction of sp³-hybridized carbons (Fsp3) is 0.400. The van der Waals surface area contributed by atoms with Crippen LogP contribution < -0.4 is 11.1 Å². The zero-order valence-electron chi connectivity index (χ0n) is 17.0. The number of nitrogens with one attached hydrogen (secondary N) is 1. The fourth-order valence-corrected chi connectivity index (χ4v) is 4.09. The highest BCUT2D eigenvalue weighted by atomic mass is 32.2. The average Bonchev–Trinajstić information content (AvgIpc) is 3.36. The number of carbonyl (C=O) groups excluding carboxylic acids is 2. The first-order chi connectivity index (χ1) is 15.3. The lowest BCUT2D eigenvalue weighted by Crippen LogP contribution is -2.73. The van der Waals surface area contributed by atoms with Crippen LogP contribution in [0.1, 0.15) is 19.5 Å². The Morgan fingerprint density at radius 2 is 2.12 bits per heavy atom. The quantitative estimate of drug-likeness (QED) is 0.127. The Morgan fingerprint density at radius 3 is 2.64 bits per heavy atom. The predicted octanol–water partition coefficient (Wildman–Crippen LogP) is -1.90. The minimum absolute atomic E-state index is 0.0672. The molecular weight excluding hydrogens is 484 g/mol. The molecule has 5 N–H and O–H groups in total. The maximum absolute atomic E-state index is 12.9. The molecule has 2 atom stereocenters. The lowest BCUT2D eigenvalue weighted by atomic mass is 9.98. The molecule has 0 radical (unpaired) electrons. The molecule has 178 valence electrons. The molecule has 1 aliphatic rings. The van der Waals surface area contributed by atoms with E-state index >= 15 is 0 Å². The van der Waals surface area contributed by atoms with Gasteiger partial charge in [0.25, 0.3) is 11.8 Å². The smallest absolute Gasteiger partial charge is 0.362 e. The van der Waals surface area contributed by atoms with Gasteiger partial charge in [-0.15, -0.1) is 11.3 Å². The maximum atomic E-state index is 12.9. The van der Waals surface area contributed by atoms with Crippen LogP contribution in [0.3, 0.4) is 0 Å². The van der Waals surface area contributed by atoms with E-state index in [0.29, 0.717) is 0 Å². The van der Waals surface area contributed by atoms with Crippen LogP contribution in [0, 0.1) is 0 Å². The molecule has 2 aromatic heterocycles. The van der Waals surface area contributed by atoms with E-state index in [1.165, 1.54) is 36.6 Å². The van der Waals surface area contributed by atoms with Gasteiger partial charge in [0, 0.05) is 5.38 Å². The molecule has 0 aromatic carbocycles. The van der Waals surface area contributed by atoms with Gasteiger partial charge in [-0.05, 0) is 13.8 Å². The van der Waals surface area contributed by atoms with Gasteiger partial charge in [-0.25, -0.2) is 19.1 Å². The molecule has 0 saturated carbocycles. The number of β-lactam (4-membered cyclic amide) rings is 1. The predicted molar refractivity (Wildman–Crippen MR) is 110 cm³/mol. The molecule has 1 saturated heterocycles. The first-order valence-corrected chi connectivity index (χ1v) is 11.2. The number of carboxylic acids is 1. The van der Waals surface area contributed by atoms with Crippen LogP contribution in [-0.4, -0.2) is 83.3 Å². The topological polar surface area (TPSA) is 232 Å². The molecule has 0 unspecified atom stereocenters. The maximum Gasteiger partial charge on any atom is 0.362 e. The lowest BCUT2D eigenvalue weighted by molar-refractivity contribution is -0.161. The van der Waals surface area contributed by atoms with E-state index in [9.17, 15) is 32.5 Å². The minimum atomic E-state index is -4.92. The Bertz CT molecular complexity index is 1210. The van der Waals surface area contributed by atoms with Crippen molar-refractivity contribution in [2.75, 3.05) is 5.73 Å². The molecule has 0 spiro atoms. The number of hydrogen-bond acceptors (Lipinski definition) is 12. The summed E-state index contributed by atoms with van der Waals surface area (Å²) in [4.78, 5) is 49.2. The summed E-state index contributed by atoms with van der Waals surface area (Å²) in [5.74, 6) is -3.51. The van der Waals surface area contributed by atoms with Gasteiger partial charge in [0.05, 0.1) is 12.6 Å². The van der Waals surface area contributed by atoms with Gasteiger partial charge < -0.3 is 21.0 Å². The fourth-order valence-electron chi connectivity index (χ4n) is 2.67. The van der Waals surface area contributed by atoms with Crippen molar-refractivity contribution in [1.82, 2.24) is 29.4 Å². The zero-order valence-corrected chi connectivity index (χ0v) is 18.6. The molecular formula is C15H18N8O8S2. The van der Waals surface area contributed by atoms with Gasteiger partial charge in [-0.1, -0.05) is 5.16 Å². The standard InChI is InChI=1S/C15H18N8O8S2/c1-15(2,13(26)27)31-21-9(7-4-32-14(16)19-7)11(24)20-10-8(3-22-6-17-5-18-22)23(12(10)25)33(28,29)30/h4-6,8,10H,3H2,1-2H3,(H2,16,19)(H,20,24)(H,26,27)(H,28,29,30)/b21-9-/t8-,10+/m1/s1. The molecule has 1 aliphatic heterocycles. The van der Waals surface area contributed by atoms with Crippen molar-refractivity contribution in [2.45, 2.75) is 38.1 Å². The highest BCUT2D eigenvalue weighted by Gasteiger charge is 2.54. The Hall–Kier alpha value is -3.64. The van der Waals surface area contributed by atoms with Crippen molar-refractivity contribution in [3.63, 3.8) is 0 Å². The molecule has 16 nitrogen and oxygen atoms in total. The summed E-state index contributed by atoms with van der Waals surface area (Å²) < 4.78 is 34.0. The van der Waals surface area contributed by atoms with Crippen molar-refractivity contribution in [2.24, 2.45) is 5.16 Å². The highest BCUT2D eigenvalue weighted by Crippen LogP contribution is 2.25. The Kier molecular flexibility index (Phi) is 6.34. The molecule has 3 rings (SSSR count). The van der Waals surface area contributed by atoms with Crippen LogP contribution in [0.25, 0.3) is 0 Å². The van der Waals surface area contributed by atoms with Crippen molar-refractivity contribution in [1.29, 1.82) is 0 Å². The number of carboxylic acid groups (broad SMARTS) is 1. The summed E-state index contributed by atoms with van der Waals surface area (Å²) in [5.41, 5.74) is 3.21. The number of aliphatic carboxylic acids is 1. The second-order valence-electron chi connectivity index (χ2n) is 7.17. The number of oxime groups is 1. The number of nitrogens with two attached hydrogens (primary N) is 1. The van der Waals surface area contributed by atoms with Crippen LogP contribution >= 0.6 is 11.3 Å². The summed E-state index contributed by atoms with van der Waals surface area (Å²) >= 11 is 0.964. The number of aromatic nitrogens is 4. The van der Waals surface area contributed by atoms with E-state index < -0.39 is 51.5 Å². The molecule has 2 aromatic rings. The van der Waals surface area contributed by atoms with Gasteiger partial charge in [-0.3, -0.25) is 18.8 Å². The number of carbonyl (C=O) groups is 3. The highest BCUT2D eigenvalue weighted by molar-refractivity contribution is 7.84. The number of nitrogen functional groups attached to an aromatic ring is 1. The lowest BCUT2D eigenvalue weighted by Gasteiger charge is -2.43. The summed E-state index contributed by atoms with van der Waals surface area (Å²) in [6.07, 6.45) is 2.42. The van der Waals surface area contributed by atoms with Gasteiger partial charge in [0.2, 0.25) is 5.60 Å². The number of rotatable bonds is 9. The van der Waals surface area contributed by atoms with Crippen molar-refractivity contribution < 1.29 is 37.3 Å². The molecule has 18 heteroatoms. The van der Waals surface area contributed by atoms with E-state index in [-0.39, 0.29) is 21.7 Å². The molecule has 1 fully saturated rings. The van der Waals surface area contributed by atoms with E-state index in [1.54, 1.807) is 0 Å². The summed E-state index contributed by atoms with van der Waals surface area (Å²) in [5, 5.41) is 20.3. The minimum Gasteiger partial charge on any atom is -0.478 e. The van der Waals surface area contributed by atoms with Gasteiger partial charge in [0.1, 0.15) is 24.4 Å². The Morgan fingerprint density at radius 1 is 1.42 bits per heavy atom. The first kappa shape index (κ1) is 24.0. The molecule has 33 heavy (non-hydrogen) atoms. The van der Waals surface area contributed by atoms with E-state index in [2.05, 4.69) is 25.5 Å². The normalized spacial score (nSPS) is 19.2. The van der Waals surface area contributed by atoms with Crippen LogP contribution in [0.2, 0.25) is 0 Å². The Labute approximate surface area is 189 Å². The second kappa shape index (κ2) is 8.71. The molecule has 2 amide bonds. The number of hydrogen-bond donors (Lipinski definition) is 4. The third-order valence-electron chi connectivity index (χ3n) is 4.40. The summed E-state index contributed by atoms with van der Waals surface area (Å²) in [6, 6.07) is -2.64. The van der Waals surface area contributed by atoms with Crippen LogP contribution in [0.5, 0.6) is 0 Å². The number of anilines is 1. The van der Waals surface area contributed by atoms with Crippen LogP contribution in [-0.2, 0) is 36.1 Å². The average molecular weight is 502 g/mol. The number of nitrogens with zero attached hydrogens (tertiary/aromatic N) is 6. The van der Waals surface area contributed by atoms with E-state index in [1.807, 2.05) is 0 Å². The monoisotopic (exact) mass is 502 g/mol. The summed E-state index contributed by atoms with van der Waals surface area (Å²) in [7, 11) is -4.92.